The minimum atomic E-state index is -3.44. The first kappa shape index (κ1) is 17.9. The normalized spacial score (nSPS) is 16.2. The van der Waals surface area contributed by atoms with E-state index in [0.717, 1.165) is 12.0 Å². The average molecular weight is 340 g/mol. The zero-order chi connectivity index (χ0) is 16.7. The Bertz CT molecular complexity index is 607. The van der Waals surface area contributed by atoms with Crippen molar-refractivity contribution in [3.8, 4) is 0 Å². The number of nitrogens with one attached hydrogen (secondary N) is 1. The zero-order valence-electron chi connectivity index (χ0n) is 13.5. The van der Waals surface area contributed by atoms with E-state index in [1.807, 2.05) is 6.92 Å². The van der Waals surface area contributed by atoms with Gasteiger partial charge in [0, 0.05) is 26.1 Å². The van der Waals surface area contributed by atoms with Crippen LogP contribution in [0.4, 0.5) is 0 Å². The van der Waals surface area contributed by atoms with Gasteiger partial charge in [0.2, 0.25) is 15.9 Å². The molecule has 7 heteroatoms. The first-order valence-electron chi connectivity index (χ1n) is 7.97. The van der Waals surface area contributed by atoms with E-state index in [1.54, 1.807) is 24.3 Å². The van der Waals surface area contributed by atoms with Crippen LogP contribution in [-0.2, 0) is 26.0 Å². The molecule has 1 fully saturated rings. The van der Waals surface area contributed by atoms with Crippen LogP contribution in [0.1, 0.15) is 25.3 Å². The van der Waals surface area contributed by atoms with Gasteiger partial charge in [0.05, 0.1) is 18.1 Å². The average Bonchev–Trinajstić information content (AvgIpc) is 2.56. The number of ether oxygens (including phenoxy) is 1. The van der Waals surface area contributed by atoms with Gasteiger partial charge in [-0.3, -0.25) is 4.79 Å². The molecule has 23 heavy (non-hydrogen) atoms. The van der Waals surface area contributed by atoms with Gasteiger partial charge in [0.25, 0.3) is 0 Å². The molecular formula is C16H24N2O4S. The first-order chi connectivity index (χ1) is 11.0. The minimum Gasteiger partial charge on any atom is -0.379 e. The van der Waals surface area contributed by atoms with Crippen molar-refractivity contribution >= 4 is 15.9 Å². The summed E-state index contributed by atoms with van der Waals surface area (Å²) in [5.41, 5.74) is 1.00. The Labute approximate surface area is 137 Å². The number of rotatable bonds is 7. The molecule has 128 valence electrons. The highest BCUT2D eigenvalue weighted by Crippen LogP contribution is 2.17. The summed E-state index contributed by atoms with van der Waals surface area (Å²) < 4.78 is 31.6. The fourth-order valence-corrected chi connectivity index (χ4v) is 3.83. The quantitative estimate of drug-likeness (QED) is 0.808. The Balaban J connectivity index is 1.92. The standard InChI is InChI=1S/C16H24N2O4S/c1-2-3-16(19)17-9-8-14-4-6-15(7-5-14)23(20,21)18-10-12-22-13-11-18/h4-7H,2-3,8-13H2,1H3,(H,17,19). The fraction of sp³-hybridized carbons (Fsp3) is 0.562. The van der Waals surface area contributed by atoms with Gasteiger partial charge in [-0.15, -0.1) is 0 Å². The molecule has 1 aliphatic rings. The third-order valence-electron chi connectivity index (χ3n) is 3.74. The highest BCUT2D eigenvalue weighted by Gasteiger charge is 2.25. The molecule has 0 aliphatic carbocycles. The van der Waals surface area contributed by atoms with E-state index in [0.29, 0.717) is 50.6 Å². The molecule has 2 rings (SSSR count). The van der Waals surface area contributed by atoms with Crippen LogP contribution in [0.3, 0.4) is 0 Å². The van der Waals surface area contributed by atoms with Crippen LogP contribution in [0.25, 0.3) is 0 Å². The van der Waals surface area contributed by atoms with Crippen LogP contribution in [-0.4, -0.2) is 51.5 Å². The molecule has 0 bridgehead atoms. The molecule has 0 radical (unpaired) electrons. The predicted molar refractivity (Wildman–Crippen MR) is 87.6 cm³/mol. The molecule has 1 saturated heterocycles. The molecule has 0 saturated carbocycles. The van der Waals surface area contributed by atoms with Gasteiger partial charge in [-0.05, 0) is 30.5 Å². The van der Waals surface area contributed by atoms with E-state index in [1.165, 1.54) is 4.31 Å². The monoisotopic (exact) mass is 340 g/mol. The lowest BCUT2D eigenvalue weighted by Crippen LogP contribution is -2.40. The SMILES string of the molecule is CCCC(=O)NCCc1ccc(S(=O)(=O)N2CCOCC2)cc1. The summed E-state index contributed by atoms with van der Waals surface area (Å²) in [6.45, 7) is 4.20. The number of morpholine rings is 1. The molecule has 1 aliphatic heterocycles. The smallest absolute Gasteiger partial charge is 0.243 e. The minimum absolute atomic E-state index is 0.0546. The van der Waals surface area contributed by atoms with Crippen molar-refractivity contribution in [3.63, 3.8) is 0 Å². The summed E-state index contributed by atoms with van der Waals surface area (Å²) >= 11 is 0. The van der Waals surface area contributed by atoms with E-state index in [2.05, 4.69) is 5.32 Å². The van der Waals surface area contributed by atoms with Crippen molar-refractivity contribution < 1.29 is 17.9 Å². The number of carbonyl (C=O) groups excluding carboxylic acids is 1. The second kappa shape index (κ2) is 8.42. The molecule has 6 nitrogen and oxygen atoms in total. The largest absolute Gasteiger partial charge is 0.379 e. The number of benzene rings is 1. The Morgan fingerprint density at radius 3 is 2.48 bits per heavy atom. The van der Waals surface area contributed by atoms with Crippen LogP contribution in [0, 0.1) is 0 Å². The van der Waals surface area contributed by atoms with Crippen molar-refractivity contribution in [1.29, 1.82) is 0 Å². The topological polar surface area (TPSA) is 75.7 Å². The Morgan fingerprint density at radius 2 is 1.87 bits per heavy atom. The van der Waals surface area contributed by atoms with Crippen LogP contribution in [0.2, 0.25) is 0 Å². The van der Waals surface area contributed by atoms with Crippen molar-refractivity contribution in [2.45, 2.75) is 31.1 Å². The molecule has 1 amide bonds. The van der Waals surface area contributed by atoms with Gasteiger partial charge in [0.1, 0.15) is 0 Å². The van der Waals surface area contributed by atoms with Gasteiger partial charge in [-0.25, -0.2) is 8.42 Å². The van der Waals surface area contributed by atoms with E-state index in [9.17, 15) is 13.2 Å². The van der Waals surface area contributed by atoms with Gasteiger partial charge >= 0.3 is 0 Å². The zero-order valence-corrected chi connectivity index (χ0v) is 14.3. The number of amides is 1. The number of sulfonamides is 1. The van der Waals surface area contributed by atoms with Crippen molar-refractivity contribution in [2.75, 3.05) is 32.8 Å². The Morgan fingerprint density at radius 1 is 1.22 bits per heavy atom. The first-order valence-corrected chi connectivity index (χ1v) is 9.41. The third kappa shape index (κ3) is 5.02. The van der Waals surface area contributed by atoms with E-state index in [-0.39, 0.29) is 5.91 Å². The summed E-state index contributed by atoms with van der Waals surface area (Å²) in [7, 11) is -3.44. The summed E-state index contributed by atoms with van der Waals surface area (Å²) in [5, 5.41) is 2.85. The molecule has 1 N–H and O–H groups in total. The van der Waals surface area contributed by atoms with Crippen LogP contribution < -0.4 is 5.32 Å². The van der Waals surface area contributed by atoms with Crippen molar-refractivity contribution in [1.82, 2.24) is 9.62 Å². The maximum atomic E-state index is 12.5. The summed E-state index contributed by atoms with van der Waals surface area (Å²) in [4.78, 5) is 11.7. The molecular weight excluding hydrogens is 316 g/mol. The van der Waals surface area contributed by atoms with Gasteiger partial charge in [-0.2, -0.15) is 4.31 Å². The summed E-state index contributed by atoms with van der Waals surface area (Å²) in [6, 6.07) is 6.88. The predicted octanol–water partition coefficient (Wildman–Crippen LogP) is 1.17. The molecule has 0 atom stereocenters. The summed E-state index contributed by atoms with van der Waals surface area (Å²) in [5.74, 6) is 0.0546. The molecule has 0 unspecified atom stereocenters. The van der Waals surface area contributed by atoms with Gasteiger partial charge in [0.15, 0.2) is 0 Å². The van der Waals surface area contributed by atoms with Crippen molar-refractivity contribution in [2.24, 2.45) is 0 Å². The molecule has 0 spiro atoms. The highest BCUT2D eigenvalue weighted by atomic mass is 32.2. The van der Waals surface area contributed by atoms with E-state index < -0.39 is 10.0 Å². The Kier molecular flexibility index (Phi) is 6.56. The maximum Gasteiger partial charge on any atom is 0.243 e. The second-order valence-corrected chi connectivity index (χ2v) is 7.45. The van der Waals surface area contributed by atoms with Gasteiger partial charge in [-0.1, -0.05) is 19.1 Å². The van der Waals surface area contributed by atoms with Crippen LogP contribution in [0.5, 0.6) is 0 Å². The van der Waals surface area contributed by atoms with Crippen LogP contribution in [0.15, 0.2) is 29.2 Å². The Hall–Kier alpha value is -1.44. The van der Waals surface area contributed by atoms with E-state index >= 15 is 0 Å². The number of hydrogen-bond donors (Lipinski definition) is 1. The van der Waals surface area contributed by atoms with Gasteiger partial charge < -0.3 is 10.1 Å². The maximum absolute atomic E-state index is 12.5. The molecule has 1 aromatic rings. The lowest BCUT2D eigenvalue weighted by molar-refractivity contribution is -0.121. The lowest BCUT2D eigenvalue weighted by atomic mass is 10.1. The fourth-order valence-electron chi connectivity index (χ4n) is 2.43. The third-order valence-corrected chi connectivity index (χ3v) is 5.66. The number of hydrogen-bond acceptors (Lipinski definition) is 4. The van der Waals surface area contributed by atoms with Crippen molar-refractivity contribution in [3.05, 3.63) is 29.8 Å². The highest BCUT2D eigenvalue weighted by molar-refractivity contribution is 7.89. The molecule has 1 heterocycles. The number of carbonyl (C=O) groups is 1. The summed E-state index contributed by atoms with van der Waals surface area (Å²) in [6.07, 6.45) is 2.06. The second-order valence-electron chi connectivity index (χ2n) is 5.51. The number of nitrogens with zero attached hydrogens (tertiary/aromatic N) is 1. The van der Waals surface area contributed by atoms with Crippen LogP contribution >= 0.6 is 0 Å². The molecule has 0 aromatic heterocycles. The van der Waals surface area contributed by atoms with E-state index in [4.69, 9.17) is 4.74 Å². The molecule has 1 aromatic carbocycles. The lowest BCUT2D eigenvalue weighted by Gasteiger charge is -2.26.